The van der Waals surface area contributed by atoms with Crippen LogP contribution in [0.25, 0.3) is 6.20 Å². The molecule has 0 radical (unpaired) electrons. The molecule has 0 bridgehead atoms. The van der Waals surface area contributed by atoms with Crippen LogP contribution in [0, 0.1) is 6.92 Å². The van der Waals surface area contributed by atoms with Crippen molar-refractivity contribution in [1.29, 1.82) is 0 Å². The molecular weight excluding hydrogens is 281 g/mol. The molecule has 0 amide bonds. The van der Waals surface area contributed by atoms with E-state index in [-0.39, 0.29) is 18.2 Å². The molecule has 0 unspecified atom stereocenters. The lowest BCUT2D eigenvalue weighted by molar-refractivity contribution is -0.568. The van der Waals surface area contributed by atoms with Crippen molar-refractivity contribution in [2.45, 2.75) is 6.92 Å². The fraction of sp³-hybridized carbons (Fsp3) is 0.0667. The Bertz CT molecular complexity index is 591. The molecule has 0 N–H and O–H groups in total. The summed E-state index contributed by atoms with van der Waals surface area (Å²) in [7, 11) is 0. The number of hydrogen-bond acceptors (Lipinski definition) is 1. The van der Waals surface area contributed by atoms with Gasteiger partial charge in [-0.05, 0) is 37.3 Å². The van der Waals surface area contributed by atoms with Gasteiger partial charge in [0.25, 0.3) is 0 Å². The maximum atomic E-state index is 11.9. The van der Waals surface area contributed by atoms with Gasteiger partial charge in [-0.3, -0.25) is 4.79 Å². The first-order valence-corrected chi connectivity index (χ1v) is 5.98. The smallest absolute Gasteiger partial charge is 0.191 e. The van der Waals surface area contributed by atoms with Crippen LogP contribution in [-0.4, -0.2) is 5.78 Å². The summed E-state index contributed by atoms with van der Waals surface area (Å²) in [6.07, 6.45) is 7.12. The number of nitrogens with zero attached hydrogens (tertiary/aromatic N) is 1. The molecule has 0 atom stereocenters. The van der Waals surface area contributed by atoms with Gasteiger partial charge < -0.3 is 12.4 Å². The number of ketones is 1. The summed E-state index contributed by atoms with van der Waals surface area (Å²) in [4.78, 5) is 11.9. The summed E-state index contributed by atoms with van der Waals surface area (Å²) in [5, 5.41) is 0.628. The van der Waals surface area contributed by atoms with Crippen LogP contribution in [0.3, 0.4) is 0 Å². The zero-order chi connectivity index (χ0) is 13.0. The normalized spacial score (nSPS) is 10.2. The minimum absolute atomic E-state index is 0. The van der Waals surface area contributed by atoms with Gasteiger partial charge in [0.15, 0.2) is 24.4 Å². The second-order valence-corrected chi connectivity index (χ2v) is 4.45. The largest absolute Gasteiger partial charge is 1.00 e. The highest BCUT2D eigenvalue weighted by Crippen LogP contribution is 2.10. The molecule has 2 aromatic rings. The van der Waals surface area contributed by atoms with Crippen molar-refractivity contribution in [1.82, 2.24) is 0 Å². The predicted octanol–water partition coefficient (Wildman–Crippen LogP) is 0.294. The first-order chi connectivity index (χ1) is 8.65. The Balaban J connectivity index is 0.00000180. The van der Waals surface area contributed by atoms with Crippen molar-refractivity contribution < 1.29 is 21.8 Å². The number of hydrogen-bond donors (Lipinski definition) is 0. The molecule has 1 aromatic heterocycles. The van der Waals surface area contributed by atoms with E-state index in [1.165, 1.54) is 0 Å². The maximum Gasteiger partial charge on any atom is 0.191 e. The molecule has 0 aliphatic rings. The van der Waals surface area contributed by atoms with Crippen molar-refractivity contribution in [3.8, 4) is 0 Å². The zero-order valence-electron chi connectivity index (χ0n) is 10.4. The lowest BCUT2D eigenvalue weighted by atomic mass is 10.1. The van der Waals surface area contributed by atoms with Crippen molar-refractivity contribution in [2.75, 3.05) is 0 Å². The predicted molar refractivity (Wildman–Crippen MR) is 72.5 cm³/mol. The van der Waals surface area contributed by atoms with Crippen LogP contribution in [-0.2, 0) is 0 Å². The van der Waals surface area contributed by atoms with E-state index >= 15 is 0 Å². The van der Waals surface area contributed by atoms with E-state index in [0.29, 0.717) is 10.6 Å². The minimum atomic E-state index is -0.0410. The van der Waals surface area contributed by atoms with Gasteiger partial charge in [-0.1, -0.05) is 11.6 Å². The molecule has 1 heterocycles. The molecule has 0 saturated carbocycles. The number of rotatable bonds is 3. The van der Waals surface area contributed by atoms with E-state index in [4.69, 9.17) is 11.6 Å². The van der Waals surface area contributed by atoms with Gasteiger partial charge in [-0.15, -0.1) is 0 Å². The summed E-state index contributed by atoms with van der Waals surface area (Å²) in [6, 6.07) is 10.8. The molecule has 4 heteroatoms. The first-order valence-electron chi connectivity index (χ1n) is 5.61. The van der Waals surface area contributed by atoms with Gasteiger partial charge in [0.1, 0.15) is 0 Å². The zero-order valence-corrected chi connectivity index (χ0v) is 11.9. The molecule has 19 heavy (non-hydrogen) atoms. The molecule has 0 saturated heterocycles. The summed E-state index contributed by atoms with van der Waals surface area (Å²) in [6.45, 7) is 2.01. The Kier molecular flexibility index (Phi) is 5.74. The standard InChI is InChI=1S/C15H13ClNO.ClH/c1-12-3-2-9-17(11-12)10-8-15(18)13-4-6-14(16)7-5-13;/h2-11H,1H3;1H/q+1;/p-1/b10-8+;. The number of aromatic nitrogens is 1. The summed E-state index contributed by atoms with van der Waals surface area (Å²) < 4.78 is 1.85. The van der Waals surface area contributed by atoms with E-state index in [2.05, 4.69) is 0 Å². The lowest BCUT2D eigenvalue weighted by Gasteiger charge is -1.94. The van der Waals surface area contributed by atoms with Crippen molar-refractivity contribution in [3.63, 3.8) is 0 Å². The van der Waals surface area contributed by atoms with Crippen LogP contribution < -0.4 is 17.0 Å². The molecule has 0 spiro atoms. The van der Waals surface area contributed by atoms with E-state index < -0.39 is 0 Å². The second-order valence-electron chi connectivity index (χ2n) is 4.02. The van der Waals surface area contributed by atoms with Crippen molar-refractivity contribution in [3.05, 3.63) is 71.0 Å². The number of halogens is 2. The second kappa shape index (κ2) is 7.07. The average Bonchev–Trinajstić information content (AvgIpc) is 2.37. The fourth-order valence-corrected chi connectivity index (χ4v) is 1.70. The van der Waals surface area contributed by atoms with E-state index in [0.717, 1.165) is 5.56 Å². The Hall–Kier alpha value is -1.64. The van der Waals surface area contributed by atoms with E-state index in [1.54, 1.807) is 36.5 Å². The van der Waals surface area contributed by atoms with E-state index in [9.17, 15) is 4.79 Å². The van der Waals surface area contributed by atoms with Crippen LogP contribution >= 0.6 is 11.6 Å². The van der Waals surface area contributed by atoms with Gasteiger partial charge in [0, 0.05) is 22.2 Å². The Morgan fingerprint density at radius 1 is 1.21 bits per heavy atom. The van der Waals surface area contributed by atoms with Gasteiger partial charge in [-0.25, -0.2) is 0 Å². The SMILES string of the molecule is Cc1ccc[n+](/C=C/C(=O)c2ccc(Cl)cc2)c1.[Cl-]. The Morgan fingerprint density at radius 2 is 1.89 bits per heavy atom. The summed E-state index contributed by atoms with van der Waals surface area (Å²) >= 11 is 5.77. The minimum Gasteiger partial charge on any atom is -1.00 e. The summed E-state index contributed by atoms with van der Waals surface area (Å²) in [5.74, 6) is -0.0410. The van der Waals surface area contributed by atoms with Gasteiger partial charge in [0.05, 0.1) is 6.08 Å². The van der Waals surface area contributed by atoms with Crippen LogP contribution in [0.5, 0.6) is 0 Å². The van der Waals surface area contributed by atoms with Crippen molar-refractivity contribution in [2.24, 2.45) is 0 Å². The molecule has 2 nitrogen and oxygen atoms in total. The topological polar surface area (TPSA) is 20.9 Å². The van der Waals surface area contributed by atoms with Crippen LogP contribution in [0.2, 0.25) is 5.02 Å². The highest BCUT2D eigenvalue weighted by atomic mass is 35.5. The first kappa shape index (κ1) is 15.4. The third-order valence-electron chi connectivity index (χ3n) is 2.50. The molecule has 2 rings (SSSR count). The monoisotopic (exact) mass is 293 g/mol. The number of benzene rings is 1. The summed E-state index contributed by atoms with van der Waals surface area (Å²) in [5.41, 5.74) is 1.77. The molecule has 98 valence electrons. The molecule has 0 aliphatic heterocycles. The number of pyridine rings is 1. The fourth-order valence-electron chi connectivity index (χ4n) is 1.57. The lowest BCUT2D eigenvalue weighted by Crippen LogP contribution is -3.00. The highest BCUT2D eigenvalue weighted by molar-refractivity contribution is 6.30. The number of allylic oxidation sites excluding steroid dienone is 1. The average molecular weight is 294 g/mol. The number of carbonyl (C=O) groups is 1. The molecule has 0 fully saturated rings. The molecular formula is C15H13Cl2NO. The third-order valence-corrected chi connectivity index (χ3v) is 2.75. The van der Waals surface area contributed by atoms with Gasteiger partial charge in [0.2, 0.25) is 0 Å². The maximum absolute atomic E-state index is 11.9. The van der Waals surface area contributed by atoms with Gasteiger partial charge in [-0.2, -0.15) is 4.57 Å². The third kappa shape index (κ3) is 4.51. The van der Waals surface area contributed by atoms with E-state index in [1.807, 2.05) is 36.0 Å². The van der Waals surface area contributed by atoms with Crippen LogP contribution in [0.15, 0.2) is 54.9 Å². The Morgan fingerprint density at radius 3 is 2.53 bits per heavy atom. The van der Waals surface area contributed by atoms with Crippen LogP contribution in [0.4, 0.5) is 0 Å². The Labute approximate surface area is 123 Å². The highest BCUT2D eigenvalue weighted by Gasteiger charge is 2.03. The van der Waals surface area contributed by atoms with Crippen LogP contribution in [0.1, 0.15) is 15.9 Å². The molecule has 1 aromatic carbocycles. The van der Waals surface area contributed by atoms with Gasteiger partial charge >= 0.3 is 0 Å². The molecule has 0 aliphatic carbocycles. The van der Waals surface area contributed by atoms with Crippen molar-refractivity contribution >= 4 is 23.6 Å². The number of aryl methyl sites for hydroxylation is 1. The quantitative estimate of drug-likeness (QED) is 0.453. The number of carbonyl (C=O) groups excluding carboxylic acids is 1.